The van der Waals surface area contributed by atoms with Gasteiger partial charge in [-0.25, -0.2) is 0 Å². The molecule has 0 saturated heterocycles. The number of alkyl halides is 3. The highest BCUT2D eigenvalue weighted by Gasteiger charge is 2.33. The summed E-state index contributed by atoms with van der Waals surface area (Å²) in [5, 5.41) is 2.72. The van der Waals surface area contributed by atoms with Crippen molar-refractivity contribution in [2.75, 3.05) is 19.2 Å². The highest BCUT2D eigenvalue weighted by molar-refractivity contribution is 6.31. The maximum Gasteiger partial charge on any atom is 0.416 e. The van der Waals surface area contributed by atoms with E-state index in [4.69, 9.17) is 21.1 Å². The first-order chi connectivity index (χ1) is 13.8. The van der Waals surface area contributed by atoms with Crippen molar-refractivity contribution in [3.05, 3.63) is 58.1 Å². The average molecular weight is 446 g/mol. The molecule has 0 aliphatic rings. The lowest BCUT2D eigenvalue weighted by Gasteiger charge is -2.20. The molecule has 0 atom stereocenters. The van der Waals surface area contributed by atoms with Gasteiger partial charge in [0.15, 0.2) is 12.6 Å². The largest absolute Gasteiger partial charge is 0.467 e. The van der Waals surface area contributed by atoms with Gasteiger partial charge in [-0.05, 0) is 36.4 Å². The van der Waals surface area contributed by atoms with E-state index in [0.29, 0.717) is 6.07 Å². The molecule has 1 amide bonds. The molecule has 0 aliphatic carbocycles. The monoisotopic (exact) mass is 445 g/mol. The minimum Gasteiger partial charge on any atom is -0.467 e. The van der Waals surface area contributed by atoms with Crippen molar-refractivity contribution in [3.8, 4) is 5.75 Å². The lowest BCUT2D eigenvalue weighted by atomic mass is 9.95. The number of hydrogen-bond acceptors (Lipinski definition) is 4. The van der Waals surface area contributed by atoms with Crippen LogP contribution in [0.5, 0.6) is 5.75 Å². The molecule has 2 rings (SSSR count). The number of ketones is 1. The smallest absolute Gasteiger partial charge is 0.416 e. The van der Waals surface area contributed by atoms with Gasteiger partial charge in [0, 0.05) is 23.1 Å². The minimum absolute atomic E-state index is 0.0504. The highest BCUT2D eigenvalue weighted by atomic mass is 35.5. The maximum absolute atomic E-state index is 13.3. The number of nitrogens with one attached hydrogen (secondary N) is 1. The summed E-state index contributed by atoms with van der Waals surface area (Å²) in [5.74, 6) is -1.17. The van der Waals surface area contributed by atoms with Crippen molar-refractivity contribution < 1.29 is 32.2 Å². The summed E-state index contributed by atoms with van der Waals surface area (Å²) in [5.41, 5.74) is -2.31. The predicted molar refractivity (Wildman–Crippen MR) is 107 cm³/mol. The molecular weight excluding hydrogens is 425 g/mol. The van der Waals surface area contributed by atoms with Gasteiger partial charge in [-0.2, -0.15) is 13.2 Å². The fourth-order valence-corrected chi connectivity index (χ4v) is 2.57. The Bertz CT molecular complexity index is 952. The molecule has 0 saturated carbocycles. The Morgan fingerprint density at radius 2 is 1.77 bits per heavy atom. The summed E-state index contributed by atoms with van der Waals surface area (Å²) in [6.45, 7) is 4.74. The molecule has 0 aliphatic heterocycles. The van der Waals surface area contributed by atoms with Gasteiger partial charge in [0.25, 0.3) is 0 Å². The molecule has 0 bridgehead atoms. The van der Waals surface area contributed by atoms with Crippen molar-refractivity contribution >= 4 is 29.0 Å². The zero-order chi connectivity index (χ0) is 22.7. The van der Waals surface area contributed by atoms with Gasteiger partial charge < -0.3 is 14.8 Å². The van der Waals surface area contributed by atoms with Crippen LogP contribution >= 0.6 is 11.6 Å². The zero-order valence-electron chi connectivity index (χ0n) is 16.8. The van der Waals surface area contributed by atoms with E-state index in [1.54, 1.807) is 20.8 Å². The molecule has 9 heteroatoms. The summed E-state index contributed by atoms with van der Waals surface area (Å²) in [6, 6.07) is 6.72. The van der Waals surface area contributed by atoms with Crippen molar-refractivity contribution in [2.24, 2.45) is 5.41 Å². The second kappa shape index (κ2) is 9.06. The summed E-state index contributed by atoms with van der Waals surface area (Å²) in [7, 11) is 1.38. The maximum atomic E-state index is 13.3. The number of methoxy groups -OCH3 is 1. The van der Waals surface area contributed by atoms with Crippen molar-refractivity contribution in [1.82, 2.24) is 0 Å². The van der Waals surface area contributed by atoms with E-state index in [9.17, 15) is 22.8 Å². The van der Waals surface area contributed by atoms with Crippen LogP contribution in [-0.4, -0.2) is 25.6 Å². The van der Waals surface area contributed by atoms with Crippen LogP contribution in [0.2, 0.25) is 5.02 Å². The van der Waals surface area contributed by atoms with Crippen LogP contribution in [-0.2, 0) is 15.7 Å². The Hall–Kier alpha value is -2.58. The number of ether oxygens (including phenoxy) is 2. The zero-order valence-corrected chi connectivity index (χ0v) is 17.6. The van der Waals surface area contributed by atoms with E-state index >= 15 is 0 Å². The third-order valence-corrected chi connectivity index (χ3v) is 4.27. The van der Waals surface area contributed by atoms with E-state index in [1.807, 2.05) is 0 Å². The molecule has 0 aromatic heterocycles. The average Bonchev–Trinajstić information content (AvgIpc) is 2.65. The lowest BCUT2D eigenvalue weighted by Crippen LogP contribution is -2.28. The van der Waals surface area contributed by atoms with Gasteiger partial charge in [-0.1, -0.05) is 32.4 Å². The second-order valence-corrected chi connectivity index (χ2v) is 7.92. The van der Waals surface area contributed by atoms with E-state index in [0.717, 1.165) is 12.1 Å². The van der Waals surface area contributed by atoms with Gasteiger partial charge in [0.2, 0.25) is 5.91 Å². The molecule has 2 aromatic carbocycles. The Labute approximate surface area is 177 Å². The van der Waals surface area contributed by atoms with Crippen LogP contribution in [0.1, 0.15) is 42.3 Å². The second-order valence-electron chi connectivity index (χ2n) is 7.48. The van der Waals surface area contributed by atoms with Crippen molar-refractivity contribution in [1.29, 1.82) is 0 Å². The number of carbonyl (C=O) groups excluding carboxylic acids is 2. The topological polar surface area (TPSA) is 64.6 Å². The third-order valence-electron chi connectivity index (χ3n) is 4.04. The number of carbonyl (C=O) groups is 2. The van der Waals surface area contributed by atoms with Crippen LogP contribution < -0.4 is 10.1 Å². The molecule has 0 heterocycles. The highest BCUT2D eigenvalue weighted by Crippen LogP contribution is 2.35. The number of halogens is 4. The Morgan fingerprint density at radius 1 is 1.10 bits per heavy atom. The van der Waals surface area contributed by atoms with Gasteiger partial charge in [-0.3, -0.25) is 9.59 Å². The summed E-state index contributed by atoms with van der Waals surface area (Å²) in [4.78, 5) is 25.6. The molecule has 0 radical (unpaired) electrons. The van der Waals surface area contributed by atoms with E-state index in [-0.39, 0.29) is 34.4 Å². The first-order valence-corrected chi connectivity index (χ1v) is 9.21. The van der Waals surface area contributed by atoms with E-state index < -0.39 is 28.8 Å². The third kappa shape index (κ3) is 5.73. The molecular formula is C21H21ClF3NO4. The van der Waals surface area contributed by atoms with Crippen molar-refractivity contribution in [2.45, 2.75) is 26.9 Å². The molecule has 30 heavy (non-hydrogen) atoms. The Kier molecular flexibility index (Phi) is 7.15. The molecule has 0 unspecified atom stereocenters. The number of benzene rings is 2. The van der Waals surface area contributed by atoms with Crippen LogP contribution in [0.4, 0.5) is 18.9 Å². The van der Waals surface area contributed by atoms with E-state index in [2.05, 4.69) is 5.32 Å². The molecule has 162 valence electrons. The van der Waals surface area contributed by atoms with Gasteiger partial charge >= 0.3 is 6.18 Å². The molecule has 1 N–H and O–H groups in total. The Balaban J connectivity index is 2.61. The number of amides is 1. The number of rotatable bonds is 6. The fourth-order valence-electron chi connectivity index (χ4n) is 2.40. The predicted octanol–water partition coefficient (Wildman–Crippen LogP) is 5.56. The van der Waals surface area contributed by atoms with Crippen molar-refractivity contribution in [3.63, 3.8) is 0 Å². The van der Waals surface area contributed by atoms with Gasteiger partial charge in [-0.15, -0.1) is 0 Å². The van der Waals surface area contributed by atoms with E-state index in [1.165, 1.54) is 25.3 Å². The molecule has 0 fully saturated rings. The molecule has 0 spiro atoms. The first kappa shape index (κ1) is 23.7. The summed E-state index contributed by atoms with van der Waals surface area (Å²) < 4.78 is 50.0. The fraction of sp³-hybridized carbons (Fsp3) is 0.333. The van der Waals surface area contributed by atoms with Gasteiger partial charge in [0.1, 0.15) is 5.75 Å². The van der Waals surface area contributed by atoms with Crippen LogP contribution in [0.25, 0.3) is 0 Å². The standard InChI is InChI=1S/C21H21ClF3NO4/c1-20(2,3)19(28)26-16-7-5-12(21(23,24)25)9-14(16)18(27)15-10-13(22)6-8-17(15)30-11-29-4/h5-10H,11H2,1-4H3,(H,26,28)/i18+2. The molecule has 2 aromatic rings. The van der Waals surface area contributed by atoms with Crippen LogP contribution in [0.15, 0.2) is 36.4 Å². The first-order valence-electron chi connectivity index (χ1n) is 8.83. The normalized spacial score (nSPS) is 11.9. The van der Waals surface area contributed by atoms with Gasteiger partial charge in [0.05, 0.1) is 16.8 Å². The number of hydrogen-bond donors (Lipinski definition) is 1. The minimum atomic E-state index is -4.68. The Morgan fingerprint density at radius 3 is 2.33 bits per heavy atom. The molecule has 5 nitrogen and oxygen atoms in total. The lowest BCUT2D eigenvalue weighted by molar-refractivity contribution is -0.137. The summed E-state index contributed by atoms with van der Waals surface area (Å²) >= 11 is 5.98. The van der Waals surface area contributed by atoms with Crippen LogP contribution in [0, 0.1) is 5.41 Å². The van der Waals surface area contributed by atoms with Crippen LogP contribution in [0.3, 0.4) is 0 Å². The summed E-state index contributed by atoms with van der Waals surface area (Å²) in [6.07, 6.45) is -4.68. The number of anilines is 1. The quantitative estimate of drug-likeness (QED) is 0.467. The SMILES string of the molecule is COCOc1ccc(Cl)cc1[14C](=O)c1cc(C(F)(F)F)ccc1NC(=O)C(C)(C)C.